The quantitative estimate of drug-likeness (QED) is 0.874. The van der Waals surface area contributed by atoms with Crippen molar-refractivity contribution < 1.29 is 0 Å². The first-order valence-corrected chi connectivity index (χ1v) is 5.61. The second kappa shape index (κ2) is 4.53. The third-order valence-electron chi connectivity index (χ3n) is 2.90. The van der Waals surface area contributed by atoms with Crippen molar-refractivity contribution in [2.45, 2.75) is 27.3 Å². The van der Waals surface area contributed by atoms with Crippen LogP contribution in [-0.2, 0) is 13.6 Å². The Kier molecular flexibility index (Phi) is 3.08. The Balaban J connectivity index is 2.09. The summed E-state index contributed by atoms with van der Waals surface area (Å²) in [5, 5.41) is 15.7. The van der Waals surface area contributed by atoms with Crippen molar-refractivity contribution in [3.05, 3.63) is 34.8 Å². The summed E-state index contributed by atoms with van der Waals surface area (Å²) in [6.45, 7) is 6.73. The molecule has 0 bridgehead atoms. The van der Waals surface area contributed by atoms with E-state index in [1.807, 2.05) is 37.7 Å². The zero-order valence-electron chi connectivity index (χ0n) is 10.7. The summed E-state index contributed by atoms with van der Waals surface area (Å²) >= 11 is 0. The molecule has 17 heavy (non-hydrogen) atoms. The highest BCUT2D eigenvalue weighted by Gasteiger charge is 2.08. The van der Waals surface area contributed by atoms with Crippen molar-refractivity contribution in [3.63, 3.8) is 0 Å². The summed E-state index contributed by atoms with van der Waals surface area (Å²) in [7, 11) is 1.96. The number of nitrogens with one attached hydrogen (secondary N) is 1. The first-order valence-electron chi connectivity index (χ1n) is 5.61. The zero-order valence-corrected chi connectivity index (χ0v) is 10.7. The monoisotopic (exact) mass is 231 g/mol. The molecule has 0 spiro atoms. The largest absolute Gasteiger partial charge is 0.364 e. The van der Waals surface area contributed by atoms with Gasteiger partial charge in [0.05, 0.1) is 11.4 Å². The molecule has 90 valence electrons. The van der Waals surface area contributed by atoms with E-state index in [1.54, 1.807) is 0 Å². The maximum Gasteiger partial charge on any atom is 0.148 e. The van der Waals surface area contributed by atoms with Crippen LogP contribution >= 0.6 is 0 Å². The van der Waals surface area contributed by atoms with Crippen LogP contribution in [0.15, 0.2) is 12.1 Å². The standard InChI is InChI=1S/C12H17N5/c1-8-5-6-12(15-14-8)13-7-11-9(2)16-17(4)10(11)3/h5-6H,7H2,1-4H3,(H,13,15). The maximum atomic E-state index is 4.38. The van der Waals surface area contributed by atoms with E-state index in [-0.39, 0.29) is 0 Å². The fourth-order valence-corrected chi connectivity index (χ4v) is 1.75. The van der Waals surface area contributed by atoms with Crippen LogP contribution < -0.4 is 5.32 Å². The molecule has 5 nitrogen and oxygen atoms in total. The molecule has 2 aromatic heterocycles. The molecule has 2 aromatic rings. The Bertz CT molecular complexity index is 512. The fraction of sp³-hybridized carbons (Fsp3) is 0.417. The van der Waals surface area contributed by atoms with Crippen LogP contribution in [0.1, 0.15) is 22.6 Å². The minimum absolute atomic E-state index is 0.725. The summed E-state index contributed by atoms with van der Waals surface area (Å²) in [6.07, 6.45) is 0. The van der Waals surface area contributed by atoms with Gasteiger partial charge in [-0.1, -0.05) is 0 Å². The van der Waals surface area contributed by atoms with E-state index in [4.69, 9.17) is 0 Å². The summed E-state index contributed by atoms with van der Waals surface area (Å²) in [5.41, 5.74) is 4.37. The van der Waals surface area contributed by atoms with E-state index in [1.165, 1.54) is 11.3 Å². The second-order valence-electron chi connectivity index (χ2n) is 4.19. The lowest BCUT2D eigenvalue weighted by Crippen LogP contribution is -2.04. The van der Waals surface area contributed by atoms with Crippen molar-refractivity contribution in [2.75, 3.05) is 5.32 Å². The summed E-state index contributed by atoms with van der Waals surface area (Å²) in [4.78, 5) is 0. The van der Waals surface area contributed by atoms with Gasteiger partial charge in [0.1, 0.15) is 5.82 Å². The molecule has 1 N–H and O–H groups in total. The van der Waals surface area contributed by atoms with E-state index in [9.17, 15) is 0 Å². The van der Waals surface area contributed by atoms with Crippen LogP contribution in [0.25, 0.3) is 0 Å². The first-order chi connectivity index (χ1) is 8.08. The molecule has 0 aliphatic carbocycles. The summed E-state index contributed by atoms with van der Waals surface area (Å²) < 4.78 is 1.90. The molecule has 0 amide bonds. The fourth-order valence-electron chi connectivity index (χ4n) is 1.75. The lowest BCUT2D eigenvalue weighted by molar-refractivity contribution is 0.730. The Morgan fingerprint density at radius 1 is 1.18 bits per heavy atom. The van der Waals surface area contributed by atoms with Gasteiger partial charge in [0.25, 0.3) is 0 Å². The van der Waals surface area contributed by atoms with E-state index in [0.29, 0.717) is 0 Å². The molecular formula is C12H17N5. The Labute approximate surface area is 101 Å². The van der Waals surface area contributed by atoms with Gasteiger partial charge in [-0.15, -0.1) is 5.10 Å². The third kappa shape index (κ3) is 2.43. The van der Waals surface area contributed by atoms with Crippen molar-refractivity contribution in [1.82, 2.24) is 20.0 Å². The first kappa shape index (κ1) is 11.6. The molecule has 2 heterocycles. The van der Waals surface area contributed by atoms with Gasteiger partial charge in [0.2, 0.25) is 0 Å². The van der Waals surface area contributed by atoms with E-state index in [0.717, 1.165) is 23.8 Å². The molecule has 0 atom stereocenters. The van der Waals surface area contributed by atoms with Crippen LogP contribution in [0.3, 0.4) is 0 Å². The Hall–Kier alpha value is -1.91. The highest BCUT2D eigenvalue weighted by Crippen LogP contribution is 2.13. The molecule has 0 fully saturated rings. The average Bonchev–Trinajstić information content (AvgIpc) is 2.54. The van der Waals surface area contributed by atoms with Gasteiger partial charge in [-0.05, 0) is 32.9 Å². The molecule has 0 aliphatic heterocycles. The topological polar surface area (TPSA) is 55.6 Å². The van der Waals surface area contributed by atoms with Crippen LogP contribution in [0.5, 0.6) is 0 Å². The summed E-state index contributed by atoms with van der Waals surface area (Å²) in [5.74, 6) is 0.790. The van der Waals surface area contributed by atoms with Crippen molar-refractivity contribution >= 4 is 5.82 Å². The molecule has 0 aromatic carbocycles. The number of nitrogens with zero attached hydrogens (tertiary/aromatic N) is 4. The van der Waals surface area contributed by atoms with Gasteiger partial charge in [-0.2, -0.15) is 10.2 Å². The van der Waals surface area contributed by atoms with Gasteiger partial charge in [0, 0.05) is 24.8 Å². The smallest absolute Gasteiger partial charge is 0.148 e. The molecule has 0 saturated carbocycles. The molecule has 0 aliphatic rings. The molecule has 0 saturated heterocycles. The molecule has 2 rings (SSSR count). The number of aryl methyl sites for hydroxylation is 3. The molecule has 0 radical (unpaired) electrons. The van der Waals surface area contributed by atoms with Crippen molar-refractivity contribution in [1.29, 1.82) is 0 Å². The van der Waals surface area contributed by atoms with E-state index >= 15 is 0 Å². The van der Waals surface area contributed by atoms with Gasteiger partial charge >= 0.3 is 0 Å². The maximum absolute atomic E-state index is 4.38. The minimum Gasteiger partial charge on any atom is -0.364 e. The lowest BCUT2D eigenvalue weighted by atomic mass is 10.2. The van der Waals surface area contributed by atoms with Crippen LogP contribution in [0.4, 0.5) is 5.82 Å². The molecule has 0 unspecified atom stereocenters. The normalized spacial score (nSPS) is 10.6. The van der Waals surface area contributed by atoms with Crippen LogP contribution in [0, 0.1) is 20.8 Å². The number of hydrogen-bond acceptors (Lipinski definition) is 4. The number of anilines is 1. The number of aromatic nitrogens is 4. The van der Waals surface area contributed by atoms with E-state index < -0.39 is 0 Å². The predicted octanol–water partition coefficient (Wildman–Crippen LogP) is 1.75. The SMILES string of the molecule is Cc1ccc(NCc2c(C)nn(C)c2C)nn1. The second-order valence-corrected chi connectivity index (χ2v) is 4.19. The predicted molar refractivity (Wildman–Crippen MR) is 66.8 cm³/mol. The van der Waals surface area contributed by atoms with Crippen LogP contribution in [0.2, 0.25) is 0 Å². The minimum atomic E-state index is 0.725. The van der Waals surface area contributed by atoms with Crippen LogP contribution in [-0.4, -0.2) is 20.0 Å². The highest BCUT2D eigenvalue weighted by molar-refractivity contribution is 5.36. The molecule has 5 heteroatoms. The van der Waals surface area contributed by atoms with Crippen molar-refractivity contribution in [2.24, 2.45) is 7.05 Å². The third-order valence-corrected chi connectivity index (χ3v) is 2.90. The number of hydrogen-bond donors (Lipinski definition) is 1. The highest BCUT2D eigenvalue weighted by atomic mass is 15.3. The zero-order chi connectivity index (χ0) is 12.4. The van der Waals surface area contributed by atoms with Gasteiger partial charge in [0.15, 0.2) is 0 Å². The van der Waals surface area contributed by atoms with Gasteiger partial charge in [-0.3, -0.25) is 4.68 Å². The Morgan fingerprint density at radius 3 is 2.47 bits per heavy atom. The van der Waals surface area contributed by atoms with Crippen molar-refractivity contribution in [3.8, 4) is 0 Å². The number of rotatable bonds is 3. The Morgan fingerprint density at radius 2 is 1.94 bits per heavy atom. The summed E-state index contributed by atoms with van der Waals surface area (Å²) in [6, 6.07) is 3.88. The average molecular weight is 231 g/mol. The molecular weight excluding hydrogens is 214 g/mol. The lowest BCUT2D eigenvalue weighted by Gasteiger charge is -2.05. The van der Waals surface area contributed by atoms with E-state index in [2.05, 4.69) is 27.5 Å². The van der Waals surface area contributed by atoms with Gasteiger partial charge in [-0.25, -0.2) is 0 Å². The van der Waals surface area contributed by atoms with Gasteiger partial charge < -0.3 is 5.32 Å².